The summed E-state index contributed by atoms with van der Waals surface area (Å²) in [4.78, 5) is 25.6. The number of ether oxygens (including phenoxy) is 1. The molecule has 1 amide bonds. The molecule has 3 heterocycles. The van der Waals surface area contributed by atoms with Crippen LogP contribution in [0.15, 0.2) is 67.4 Å². The van der Waals surface area contributed by atoms with Gasteiger partial charge in [0.1, 0.15) is 30.0 Å². The Labute approximate surface area is 275 Å². The van der Waals surface area contributed by atoms with Crippen LogP contribution in [0.25, 0.3) is 16.6 Å². The maximum absolute atomic E-state index is 12.6. The predicted octanol–water partition coefficient (Wildman–Crippen LogP) is 7.72. The molecule has 0 atom stereocenters. The van der Waals surface area contributed by atoms with Crippen LogP contribution in [0, 0.1) is 18.8 Å². The van der Waals surface area contributed by atoms with Gasteiger partial charge in [-0.25, -0.2) is 19.5 Å². The Bertz CT molecular complexity index is 1920. The summed E-state index contributed by atoms with van der Waals surface area (Å²) in [5, 5.41) is 11.0. The minimum atomic E-state index is -1.56. The molecule has 0 spiro atoms. The Morgan fingerprint density at radius 3 is 2.43 bits per heavy atom. The Balaban J connectivity index is 1.20. The van der Waals surface area contributed by atoms with Crippen LogP contribution in [0.3, 0.4) is 0 Å². The second kappa shape index (κ2) is 14.4. The van der Waals surface area contributed by atoms with Crippen LogP contribution < -0.4 is 15.4 Å². The highest BCUT2D eigenvalue weighted by atomic mass is 31.2. The van der Waals surface area contributed by atoms with Gasteiger partial charge in [0.15, 0.2) is 5.65 Å². The Kier molecular flexibility index (Phi) is 10.3. The molecule has 0 aliphatic carbocycles. The van der Waals surface area contributed by atoms with Crippen molar-refractivity contribution in [2.75, 3.05) is 17.2 Å². The van der Waals surface area contributed by atoms with E-state index in [1.807, 2.05) is 90.9 Å². The third kappa shape index (κ3) is 9.91. The van der Waals surface area contributed by atoms with E-state index in [4.69, 9.17) is 18.3 Å². The monoisotopic (exact) mass is 655 g/mol. The minimum Gasteiger partial charge on any atom is -0.457 e. The van der Waals surface area contributed by atoms with Crippen LogP contribution in [0.2, 0.25) is 0 Å². The van der Waals surface area contributed by atoms with Gasteiger partial charge in [-0.2, -0.15) is 5.10 Å². The van der Waals surface area contributed by atoms with Crippen LogP contribution in [-0.2, 0) is 18.4 Å². The molecule has 0 radical (unpaired) electrons. The van der Waals surface area contributed by atoms with Crippen molar-refractivity contribution < 1.29 is 23.1 Å². The van der Waals surface area contributed by atoms with Gasteiger partial charge < -0.3 is 28.9 Å². The number of aryl methyl sites for hydroxylation is 1. The number of hydrogen-bond donors (Lipinski definition) is 2. The first kappa shape index (κ1) is 33.7. The largest absolute Gasteiger partial charge is 0.457 e. The lowest BCUT2D eigenvalue weighted by Gasteiger charge is -2.30. The molecule has 13 heteroatoms. The SMILES string of the molecule is Cc1cc(Nc2ncnc3ccc(NC(=O)C#CCCOP(OC(C)(C)C)OC(C)(C)C)cc23)ccc1Oc1ccn2ncnc2c1. The van der Waals surface area contributed by atoms with Crippen molar-refractivity contribution in [2.45, 2.75) is 66.1 Å². The molecule has 0 aliphatic heterocycles. The standard InChI is InChI=1S/C34H38N7O5P/c1-23-18-24(12-14-29(23)44-26-15-16-41-30(20-26)36-22-38-41)40-32-27-19-25(11-13-28(27)35-21-37-32)39-31(42)10-8-9-17-43-47(45-33(2,3)4)46-34(5,6)7/h11-16,18-22H,9,17H2,1-7H3,(H,39,42)(H,35,37,40). The molecule has 0 unspecified atom stereocenters. The lowest BCUT2D eigenvalue weighted by molar-refractivity contribution is -0.111. The summed E-state index contributed by atoms with van der Waals surface area (Å²) >= 11 is 0. The summed E-state index contributed by atoms with van der Waals surface area (Å²) in [5.74, 6) is 7.00. The van der Waals surface area contributed by atoms with E-state index in [1.54, 1.807) is 16.8 Å². The number of carbonyl (C=O) groups excluding carboxylic acids is 1. The van der Waals surface area contributed by atoms with E-state index < -0.39 is 25.7 Å². The van der Waals surface area contributed by atoms with Crippen molar-refractivity contribution in [1.82, 2.24) is 24.6 Å². The van der Waals surface area contributed by atoms with Crippen LogP contribution in [-0.4, -0.2) is 48.3 Å². The van der Waals surface area contributed by atoms with Gasteiger partial charge in [0.05, 0.1) is 23.3 Å². The van der Waals surface area contributed by atoms with Crippen LogP contribution >= 0.6 is 8.60 Å². The number of nitrogens with one attached hydrogen (secondary N) is 2. The molecule has 47 heavy (non-hydrogen) atoms. The van der Waals surface area contributed by atoms with Crippen molar-refractivity contribution in [1.29, 1.82) is 0 Å². The second-order valence-corrected chi connectivity index (χ2v) is 13.6. The van der Waals surface area contributed by atoms with E-state index in [2.05, 4.69) is 42.5 Å². The third-order valence-electron chi connectivity index (χ3n) is 6.13. The topological polar surface area (TPSA) is 134 Å². The van der Waals surface area contributed by atoms with Gasteiger partial charge in [-0.3, -0.25) is 4.79 Å². The fourth-order valence-electron chi connectivity index (χ4n) is 4.19. The number of benzene rings is 2. The highest BCUT2D eigenvalue weighted by molar-refractivity contribution is 7.41. The molecule has 5 aromatic rings. The molecule has 2 aromatic carbocycles. The van der Waals surface area contributed by atoms with Gasteiger partial charge in [-0.15, -0.1) is 0 Å². The van der Waals surface area contributed by atoms with E-state index in [1.165, 1.54) is 12.7 Å². The van der Waals surface area contributed by atoms with Gasteiger partial charge in [0.25, 0.3) is 5.91 Å². The van der Waals surface area contributed by atoms with Crippen molar-refractivity contribution in [2.24, 2.45) is 0 Å². The number of pyridine rings is 1. The van der Waals surface area contributed by atoms with E-state index in [0.717, 1.165) is 22.2 Å². The number of carbonyl (C=O) groups is 1. The quantitative estimate of drug-likeness (QED) is 0.0875. The molecular weight excluding hydrogens is 617 g/mol. The molecule has 0 saturated heterocycles. The average molecular weight is 656 g/mol. The van der Waals surface area contributed by atoms with Crippen molar-refractivity contribution in [3.8, 4) is 23.3 Å². The van der Waals surface area contributed by atoms with E-state index in [0.29, 0.717) is 35.1 Å². The lowest BCUT2D eigenvalue weighted by Crippen LogP contribution is -2.22. The summed E-state index contributed by atoms with van der Waals surface area (Å²) in [6.45, 7) is 13.9. The normalized spacial score (nSPS) is 11.8. The molecule has 0 fully saturated rings. The molecule has 5 rings (SSSR count). The number of aromatic nitrogens is 5. The van der Waals surface area contributed by atoms with Crippen LogP contribution in [0.5, 0.6) is 11.5 Å². The Morgan fingerprint density at radius 1 is 0.915 bits per heavy atom. The lowest BCUT2D eigenvalue weighted by atomic mass is 10.1. The molecule has 2 N–H and O–H groups in total. The number of rotatable bonds is 10. The van der Waals surface area contributed by atoms with Crippen LogP contribution in [0.1, 0.15) is 53.5 Å². The zero-order chi connectivity index (χ0) is 33.6. The number of nitrogens with zero attached hydrogens (tertiary/aromatic N) is 5. The zero-order valence-corrected chi connectivity index (χ0v) is 28.4. The summed E-state index contributed by atoms with van der Waals surface area (Å²) < 4.78 is 25.4. The van der Waals surface area contributed by atoms with Gasteiger partial charge in [0.2, 0.25) is 0 Å². The number of anilines is 3. The molecule has 3 aromatic heterocycles. The van der Waals surface area contributed by atoms with Crippen molar-refractivity contribution in [3.05, 3.63) is 72.9 Å². The first-order valence-corrected chi connectivity index (χ1v) is 16.1. The summed E-state index contributed by atoms with van der Waals surface area (Å²) in [5.41, 5.74) is 2.88. The first-order chi connectivity index (χ1) is 22.3. The first-order valence-electron chi connectivity index (χ1n) is 15.0. The fraction of sp³-hybridized carbons (Fsp3) is 0.324. The predicted molar refractivity (Wildman–Crippen MR) is 183 cm³/mol. The number of hydrogen-bond acceptors (Lipinski definition) is 10. The molecule has 0 saturated carbocycles. The van der Waals surface area contributed by atoms with Gasteiger partial charge in [0, 0.05) is 35.4 Å². The number of amides is 1. The van der Waals surface area contributed by atoms with Gasteiger partial charge in [-0.05, 0) is 102 Å². The molecule has 12 nitrogen and oxygen atoms in total. The van der Waals surface area contributed by atoms with Gasteiger partial charge >= 0.3 is 8.60 Å². The third-order valence-corrected chi connectivity index (χ3v) is 7.92. The van der Waals surface area contributed by atoms with Gasteiger partial charge in [-0.1, -0.05) is 5.92 Å². The molecule has 244 valence electrons. The average Bonchev–Trinajstić information content (AvgIpc) is 3.45. The fourth-order valence-corrected chi connectivity index (χ4v) is 5.47. The molecular formula is C34H38N7O5P. The summed E-state index contributed by atoms with van der Waals surface area (Å²) in [7, 11) is -1.56. The Morgan fingerprint density at radius 2 is 1.68 bits per heavy atom. The maximum Gasteiger partial charge on any atom is 0.333 e. The zero-order valence-electron chi connectivity index (χ0n) is 27.5. The van der Waals surface area contributed by atoms with E-state index >= 15 is 0 Å². The number of fused-ring (bicyclic) bond motifs is 2. The van der Waals surface area contributed by atoms with E-state index in [9.17, 15) is 4.79 Å². The Hall–Kier alpha value is -4.66. The van der Waals surface area contributed by atoms with Crippen molar-refractivity contribution >= 4 is 48.3 Å². The highest BCUT2D eigenvalue weighted by Crippen LogP contribution is 2.47. The van der Waals surface area contributed by atoms with Crippen molar-refractivity contribution in [3.63, 3.8) is 0 Å². The molecule has 0 bridgehead atoms. The van der Waals surface area contributed by atoms with Crippen LogP contribution in [0.4, 0.5) is 17.2 Å². The summed E-state index contributed by atoms with van der Waals surface area (Å²) in [6.07, 6.45) is 5.13. The molecule has 0 aliphatic rings. The minimum absolute atomic E-state index is 0.270. The smallest absolute Gasteiger partial charge is 0.333 e. The second-order valence-electron chi connectivity index (χ2n) is 12.6. The summed E-state index contributed by atoms with van der Waals surface area (Å²) in [6, 6.07) is 14.8. The maximum atomic E-state index is 12.6. The van der Waals surface area contributed by atoms with E-state index in [-0.39, 0.29) is 6.61 Å². The highest BCUT2D eigenvalue weighted by Gasteiger charge is 2.27.